The van der Waals surface area contributed by atoms with Crippen LogP contribution in [0.5, 0.6) is 16.7 Å². The van der Waals surface area contributed by atoms with Gasteiger partial charge in [-0.2, -0.15) is 5.10 Å². The zero-order valence-corrected chi connectivity index (χ0v) is 18.3. The molecular weight excluding hydrogens is 424 g/mol. The SMILES string of the molecule is Cn1nccc1CNC(=O)c1cnc(Oc2ccc3c(c2)CCC(c2ccccc2)O3)s1. The molecule has 7 nitrogen and oxygen atoms in total. The third-order valence-corrected chi connectivity index (χ3v) is 6.29. The van der Waals surface area contributed by atoms with Crippen LogP contribution in [-0.4, -0.2) is 20.7 Å². The van der Waals surface area contributed by atoms with E-state index < -0.39 is 0 Å². The van der Waals surface area contributed by atoms with Gasteiger partial charge in [0.1, 0.15) is 22.5 Å². The van der Waals surface area contributed by atoms with Gasteiger partial charge in [0.05, 0.1) is 18.4 Å². The molecule has 0 bridgehead atoms. The van der Waals surface area contributed by atoms with Crippen molar-refractivity contribution in [3.05, 3.63) is 88.7 Å². The summed E-state index contributed by atoms with van der Waals surface area (Å²) in [4.78, 5) is 17.2. The van der Waals surface area contributed by atoms with E-state index >= 15 is 0 Å². The van der Waals surface area contributed by atoms with E-state index in [2.05, 4.69) is 27.5 Å². The summed E-state index contributed by atoms with van der Waals surface area (Å²) in [6, 6.07) is 17.9. The lowest BCUT2D eigenvalue weighted by molar-refractivity contribution is 0.0954. The molecule has 0 aliphatic carbocycles. The second-order valence-electron chi connectivity index (χ2n) is 7.55. The minimum absolute atomic E-state index is 0.0712. The maximum atomic E-state index is 12.4. The molecule has 1 aliphatic rings. The van der Waals surface area contributed by atoms with Crippen molar-refractivity contribution >= 4 is 17.2 Å². The normalized spacial score (nSPS) is 15.0. The van der Waals surface area contributed by atoms with Gasteiger partial charge in [0, 0.05) is 13.2 Å². The molecule has 2 aromatic heterocycles. The van der Waals surface area contributed by atoms with Gasteiger partial charge in [0.25, 0.3) is 11.1 Å². The largest absolute Gasteiger partial charge is 0.485 e. The highest BCUT2D eigenvalue weighted by Gasteiger charge is 2.22. The van der Waals surface area contributed by atoms with E-state index in [1.165, 1.54) is 23.1 Å². The Bertz CT molecular complexity index is 1240. The molecule has 0 radical (unpaired) electrons. The highest BCUT2D eigenvalue weighted by Crippen LogP contribution is 2.38. The molecule has 0 fully saturated rings. The number of carbonyl (C=O) groups is 1. The first-order chi connectivity index (χ1) is 15.7. The lowest BCUT2D eigenvalue weighted by Crippen LogP contribution is -2.23. The summed E-state index contributed by atoms with van der Waals surface area (Å²) < 4.78 is 13.8. The number of hydrogen-bond donors (Lipinski definition) is 1. The number of ether oxygens (including phenoxy) is 2. The van der Waals surface area contributed by atoms with E-state index in [4.69, 9.17) is 9.47 Å². The summed E-state index contributed by atoms with van der Waals surface area (Å²) in [7, 11) is 1.84. The first-order valence-electron chi connectivity index (χ1n) is 10.4. The molecule has 1 aliphatic heterocycles. The summed E-state index contributed by atoms with van der Waals surface area (Å²) in [6.45, 7) is 0.401. The number of hydrogen-bond acceptors (Lipinski definition) is 6. The lowest BCUT2D eigenvalue weighted by atomic mass is 9.97. The minimum Gasteiger partial charge on any atom is -0.485 e. The Hall–Kier alpha value is -3.65. The summed E-state index contributed by atoms with van der Waals surface area (Å²) in [5.41, 5.74) is 3.22. The summed E-state index contributed by atoms with van der Waals surface area (Å²) in [5.74, 6) is 1.37. The highest BCUT2D eigenvalue weighted by molar-refractivity contribution is 7.15. The maximum absolute atomic E-state index is 12.4. The molecule has 1 amide bonds. The van der Waals surface area contributed by atoms with Crippen LogP contribution >= 0.6 is 11.3 Å². The highest BCUT2D eigenvalue weighted by atomic mass is 32.1. The number of carbonyl (C=O) groups excluding carboxylic acids is 1. The summed E-state index contributed by atoms with van der Waals surface area (Å²) in [6.07, 6.45) is 5.13. The standard InChI is InChI=1S/C24H22N4O3S/c1-28-18(11-12-27-28)14-25-23(29)22-15-26-24(32-22)30-19-8-10-21-17(13-19)7-9-20(31-21)16-5-3-2-4-6-16/h2-6,8,10-13,15,20H,7,9,14H2,1H3,(H,25,29). The van der Waals surface area contributed by atoms with Crippen LogP contribution < -0.4 is 14.8 Å². The van der Waals surface area contributed by atoms with Crippen LogP contribution in [0.25, 0.3) is 0 Å². The topological polar surface area (TPSA) is 78.3 Å². The van der Waals surface area contributed by atoms with E-state index in [0.717, 1.165) is 29.8 Å². The van der Waals surface area contributed by atoms with Crippen molar-refractivity contribution in [1.29, 1.82) is 0 Å². The average Bonchev–Trinajstić information content (AvgIpc) is 3.46. The first kappa shape index (κ1) is 20.3. The van der Waals surface area contributed by atoms with Gasteiger partial charge in [0.15, 0.2) is 0 Å². The van der Waals surface area contributed by atoms with E-state index in [0.29, 0.717) is 22.4 Å². The molecule has 2 aromatic carbocycles. The smallest absolute Gasteiger partial charge is 0.279 e. The number of amides is 1. The predicted octanol–water partition coefficient (Wildman–Crippen LogP) is 4.67. The molecule has 0 saturated carbocycles. The molecule has 0 saturated heterocycles. The molecule has 3 heterocycles. The first-order valence-corrected chi connectivity index (χ1v) is 11.2. The van der Waals surface area contributed by atoms with Crippen molar-refractivity contribution in [2.75, 3.05) is 0 Å². The predicted molar refractivity (Wildman–Crippen MR) is 121 cm³/mol. The maximum Gasteiger partial charge on any atom is 0.279 e. The van der Waals surface area contributed by atoms with Crippen molar-refractivity contribution in [2.45, 2.75) is 25.5 Å². The van der Waals surface area contributed by atoms with Gasteiger partial charge in [0.2, 0.25) is 0 Å². The van der Waals surface area contributed by atoms with Crippen molar-refractivity contribution < 1.29 is 14.3 Å². The molecule has 0 spiro atoms. The van der Waals surface area contributed by atoms with Gasteiger partial charge < -0.3 is 14.8 Å². The van der Waals surface area contributed by atoms with E-state index in [-0.39, 0.29) is 12.0 Å². The molecule has 32 heavy (non-hydrogen) atoms. The number of nitrogens with one attached hydrogen (secondary N) is 1. The molecular formula is C24H22N4O3S. The summed E-state index contributed by atoms with van der Waals surface area (Å²) >= 11 is 1.21. The number of rotatable bonds is 6. The van der Waals surface area contributed by atoms with Crippen molar-refractivity contribution in [2.24, 2.45) is 7.05 Å². The third-order valence-electron chi connectivity index (χ3n) is 5.41. The molecule has 1 N–H and O–H groups in total. The number of benzene rings is 2. The number of aryl methyl sites for hydroxylation is 2. The zero-order chi connectivity index (χ0) is 21.9. The van der Waals surface area contributed by atoms with Crippen LogP contribution in [0.1, 0.15) is 39.0 Å². The molecule has 8 heteroatoms. The zero-order valence-electron chi connectivity index (χ0n) is 17.5. The molecule has 5 rings (SSSR count). The molecule has 1 unspecified atom stereocenters. The van der Waals surface area contributed by atoms with Gasteiger partial charge in [-0.05, 0) is 48.2 Å². The van der Waals surface area contributed by atoms with Gasteiger partial charge in [-0.1, -0.05) is 41.7 Å². The Morgan fingerprint density at radius 1 is 1.25 bits per heavy atom. The van der Waals surface area contributed by atoms with Crippen molar-refractivity contribution in [3.8, 4) is 16.7 Å². The van der Waals surface area contributed by atoms with Gasteiger partial charge in [-0.15, -0.1) is 0 Å². The quantitative estimate of drug-likeness (QED) is 0.466. The Labute approximate surface area is 189 Å². The Morgan fingerprint density at radius 3 is 2.94 bits per heavy atom. The fraction of sp³-hybridized carbons (Fsp3) is 0.208. The Morgan fingerprint density at radius 2 is 2.12 bits per heavy atom. The molecule has 1 atom stereocenters. The fourth-order valence-corrected chi connectivity index (χ4v) is 4.38. The third kappa shape index (κ3) is 4.36. The van der Waals surface area contributed by atoms with Gasteiger partial charge in [-0.25, -0.2) is 4.98 Å². The second-order valence-corrected chi connectivity index (χ2v) is 8.54. The van der Waals surface area contributed by atoms with Crippen LogP contribution in [0, 0.1) is 0 Å². The summed E-state index contributed by atoms with van der Waals surface area (Å²) in [5, 5.41) is 7.40. The fourth-order valence-electron chi connectivity index (χ4n) is 3.67. The lowest BCUT2D eigenvalue weighted by Gasteiger charge is -2.26. The Balaban J connectivity index is 1.21. The van der Waals surface area contributed by atoms with Gasteiger partial charge >= 0.3 is 0 Å². The van der Waals surface area contributed by atoms with Crippen molar-refractivity contribution in [3.63, 3.8) is 0 Å². The molecule has 162 valence electrons. The monoisotopic (exact) mass is 446 g/mol. The minimum atomic E-state index is -0.190. The average molecular weight is 447 g/mol. The molecule has 4 aromatic rings. The van der Waals surface area contributed by atoms with Crippen LogP contribution in [0.3, 0.4) is 0 Å². The Kier molecular flexibility index (Phi) is 5.60. The number of thiazole rings is 1. The number of nitrogens with zero attached hydrogens (tertiary/aromatic N) is 3. The number of fused-ring (bicyclic) bond motifs is 1. The van der Waals surface area contributed by atoms with Crippen LogP contribution in [0.2, 0.25) is 0 Å². The second kappa shape index (κ2) is 8.84. The van der Waals surface area contributed by atoms with E-state index in [1.807, 2.05) is 49.5 Å². The van der Waals surface area contributed by atoms with E-state index in [9.17, 15) is 4.79 Å². The van der Waals surface area contributed by atoms with Crippen LogP contribution in [0.15, 0.2) is 67.0 Å². The van der Waals surface area contributed by atoms with Crippen LogP contribution in [-0.2, 0) is 20.0 Å². The van der Waals surface area contributed by atoms with Crippen molar-refractivity contribution in [1.82, 2.24) is 20.1 Å². The van der Waals surface area contributed by atoms with E-state index in [1.54, 1.807) is 10.9 Å². The number of aromatic nitrogens is 3. The van der Waals surface area contributed by atoms with Crippen LogP contribution in [0.4, 0.5) is 0 Å². The van der Waals surface area contributed by atoms with Gasteiger partial charge in [-0.3, -0.25) is 9.48 Å².